The molecule has 1 aliphatic rings. The van der Waals surface area contributed by atoms with Crippen LogP contribution in [0.25, 0.3) is 16.6 Å². The maximum Gasteiger partial charge on any atom is 0.264 e. The molecule has 1 saturated heterocycles. The Morgan fingerprint density at radius 3 is 2.49 bits per heavy atom. The summed E-state index contributed by atoms with van der Waals surface area (Å²) in [5.41, 5.74) is 2.55. The Morgan fingerprint density at radius 1 is 1.11 bits per heavy atom. The summed E-state index contributed by atoms with van der Waals surface area (Å²) in [6.07, 6.45) is 3.01. The highest BCUT2D eigenvalue weighted by Crippen LogP contribution is 2.34. The van der Waals surface area contributed by atoms with Crippen LogP contribution in [-0.4, -0.2) is 79.3 Å². The van der Waals surface area contributed by atoms with Gasteiger partial charge in [-0.25, -0.2) is 17.5 Å². The smallest absolute Gasteiger partial charge is 0.264 e. The Labute approximate surface area is 215 Å². The predicted octanol–water partition coefficient (Wildman–Crippen LogP) is 2.42. The topological polar surface area (TPSA) is 109 Å². The number of rotatable bonds is 6. The van der Waals surface area contributed by atoms with Gasteiger partial charge in [-0.2, -0.15) is 19.3 Å². The number of fused-ring (bicyclic) bond motifs is 1. The molecule has 0 aliphatic carbocycles. The summed E-state index contributed by atoms with van der Waals surface area (Å²) in [6.45, 7) is 6.77. The second-order valence-electron chi connectivity index (χ2n) is 10.1. The van der Waals surface area contributed by atoms with E-state index in [0.29, 0.717) is 13.1 Å². The summed E-state index contributed by atoms with van der Waals surface area (Å²) in [5.74, 6) is -0.316. The van der Waals surface area contributed by atoms with E-state index in [1.807, 2.05) is 19.1 Å². The van der Waals surface area contributed by atoms with Crippen molar-refractivity contribution in [2.24, 2.45) is 7.05 Å². The van der Waals surface area contributed by atoms with Crippen LogP contribution < -0.4 is 0 Å². The van der Waals surface area contributed by atoms with Gasteiger partial charge in [-0.1, -0.05) is 0 Å². The fraction of sp³-hybridized carbons (Fsp3) is 0.400. The molecule has 1 unspecified atom stereocenters. The van der Waals surface area contributed by atoms with Crippen LogP contribution >= 0.6 is 0 Å². The Morgan fingerprint density at radius 2 is 1.84 bits per heavy atom. The normalized spacial score (nSPS) is 18.1. The van der Waals surface area contributed by atoms with Gasteiger partial charge >= 0.3 is 0 Å². The van der Waals surface area contributed by atoms with Gasteiger partial charge in [0.15, 0.2) is 0 Å². The lowest BCUT2D eigenvalue weighted by Crippen LogP contribution is -2.53. The van der Waals surface area contributed by atoms with Gasteiger partial charge in [-0.15, -0.1) is 5.10 Å². The minimum Gasteiger partial charge on any atom is -0.389 e. The van der Waals surface area contributed by atoms with Crippen LogP contribution in [0.2, 0.25) is 0 Å². The molecule has 12 heteroatoms. The predicted molar refractivity (Wildman–Crippen MR) is 136 cm³/mol. The van der Waals surface area contributed by atoms with E-state index in [1.54, 1.807) is 43.9 Å². The molecule has 0 bridgehead atoms. The highest BCUT2D eigenvalue weighted by Gasteiger charge is 2.38. The molecular formula is C25H30FN7O3S. The van der Waals surface area contributed by atoms with E-state index in [0.717, 1.165) is 27.7 Å². The summed E-state index contributed by atoms with van der Waals surface area (Å²) >= 11 is 0. The van der Waals surface area contributed by atoms with E-state index < -0.39 is 15.6 Å². The van der Waals surface area contributed by atoms with Crippen LogP contribution in [0.1, 0.15) is 31.0 Å². The molecule has 1 aliphatic heterocycles. The van der Waals surface area contributed by atoms with Gasteiger partial charge in [0.2, 0.25) is 5.03 Å². The van der Waals surface area contributed by atoms with E-state index in [1.165, 1.54) is 27.4 Å². The lowest BCUT2D eigenvalue weighted by Gasteiger charge is -2.43. The zero-order valence-corrected chi connectivity index (χ0v) is 22.0. The van der Waals surface area contributed by atoms with Crippen LogP contribution in [0.3, 0.4) is 0 Å². The van der Waals surface area contributed by atoms with Crippen LogP contribution in [0, 0.1) is 12.7 Å². The SMILES string of the molecule is Cc1cc2c(cnn2-c2ccc(F)cc2)cc1C1CN(S(=O)(=O)c2cnn(C)n2)CCN1CC(C)(C)O. The molecule has 10 nitrogen and oxygen atoms in total. The second-order valence-corrected chi connectivity index (χ2v) is 12.0. The Kier molecular flexibility index (Phi) is 6.39. The first-order valence-corrected chi connectivity index (χ1v) is 13.4. The van der Waals surface area contributed by atoms with Crippen molar-refractivity contribution in [3.05, 3.63) is 65.7 Å². The second kappa shape index (κ2) is 9.28. The number of nitrogens with zero attached hydrogens (tertiary/aromatic N) is 7. The molecule has 4 aromatic rings. The maximum atomic E-state index is 13.4. The highest BCUT2D eigenvalue weighted by atomic mass is 32.2. The largest absolute Gasteiger partial charge is 0.389 e. The zero-order chi connectivity index (χ0) is 26.5. The van der Waals surface area contributed by atoms with Crippen molar-refractivity contribution in [2.45, 2.75) is 37.4 Å². The maximum absolute atomic E-state index is 13.4. The van der Waals surface area contributed by atoms with Crippen molar-refractivity contribution >= 4 is 20.9 Å². The van der Waals surface area contributed by atoms with Crippen LogP contribution in [0.15, 0.2) is 53.8 Å². The fourth-order valence-electron chi connectivity index (χ4n) is 4.92. The molecule has 2 aromatic heterocycles. The molecule has 0 radical (unpaired) electrons. The molecule has 5 rings (SSSR count). The molecule has 0 saturated carbocycles. The summed E-state index contributed by atoms with van der Waals surface area (Å²) < 4.78 is 43.3. The molecule has 1 atom stereocenters. The molecule has 196 valence electrons. The molecule has 1 N–H and O–H groups in total. The van der Waals surface area contributed by atoms with E-state index in [9.17, 15) is 17.9 Å². The number of β-amino-alcohol motifs (C(OH)–C–C–N with tert-alkyl or cyclic N) is 1. The molecule has 2 aromatic carbocycles. The highest BCUT2D eigenvalue weighted by molar-refractivity contribution is 7.89. The first-order valence-electron chi connectivity index (χ1n) is 12.0. The molecule has 0 amide bonds. The van der Waals surface area contributed by atoms with Gasteiger partial charge in [0.25, 0.3) is 10.0 Å². The van der Waals surface area contributed by atoms with Gasteiger partial charge in [-0.3, -0.25) is 4.90 Å². The molecule has 3 heterocycles. The minimum absolute atomic E-state index is 0.0857. The zero-order valence-electron chi connectivity index (χ0n) is 21.2. The third-order valence-electron chi connectivity index (χ3n) is 6.61. The Balaban J connectivity index is 1.54. The number of aliphatic hydroxyl groups is 1. The number of piperazine rings is 1. The van der Waals surface area contributed by atoms with E-state index >= 15 is 0 Å². The monoisotopic (exact) mass is 527 g/mol. The average Bonchev–Trinajstić information content (AvgIpc) is 3.45. The van der Waals surface area contributed by atoms with Gasteiger partial charge in [0.05, 0.1) is 29.2 Å². The molecule has 0 spiro atoms. The van der Waals surface area contributed by atoms with Crippen molar-refractivity contribution in [3.63, 3.8) is 0 Å². The van der Waals surface area contributed by atoms with Crippen LogP contribution in [-0.2, 0) is 17.1 Å². The summed E-state index contributed by atoms with van der Waals surface area (Å²) in [6, 6.07) is 9.88. The standard InChI is InChI=1S/C25H30FN7O3S/c1-17-11-22-18(13-28-33(22)20-7-5-19(26)6-8-20)12-21(17)23-15-32(10-9-31(23)16-25(2,3)34)37(35,36)24-14-27-30(4)29-24/h5-8,11-14,23,34H,9-10,15-16H2,1-4H3. The Hall–Kier alpha value is -3.19. The van der Waals surface area contributed by atoms with Gasteiger partial charge in [0.1, 0.15) is 5.82 Å². The third-order valence-corrected chi connectivity index (χ3v) is 8.34. The first kappa shape index (κ1) is 25.5. The Bertz CT molecular complexity index is 1540. The number of hydrogen-bond acceptors (Lipinski definition) is 7. The van der Waals surface area contributed by atoms with Gasteiger partial charge in [-0.05, 0) is 68.3 Å². The van der Waals surface area contributed by atoms with Crippen molar-refractivity contribution in [1.29, 1.82) is 0 Å². The van der Waals surface area contributed by atoms with Crippen molar-refractivity contribution in [2.75, 3.05) is 26.2 Å². The fourth-order valence-corrected chi connectivity index (χ4v) is 6.24. The van der Waals surface area contributed by atoms with E-state index in [4.69, 9.17) is 0 Å². The van der Waals surface area contributed by atoms with Gasteiger partial charge < -0.3 is 5.11 Å². The van der Waals surface area contributed by atoms with Crippen molar-refractivity contribution < 1.29 is 17.9 Å². The number of sulfonamides is 1. The van der Waals surface area contributed by atoms with Crippen molar-refractivity contribution in [3.8, 4) is 5.69 Å². The summed E-state index contributed by atoms with van der Waals surface area (Å²) in [5, 5.41) is 23.8. The number of hydrogen-bond donors (Lipinski definition) is 1. The number of aryl methyl sites for hydroxylation is 2. The lowest BCUT2D eigenvalue weighted by atomic mass is 9.95. The first-order chi connectivity index (χ1) is 17.4. The van der Waals surface area contributed by atoms with Crippen LogP contribution in [0.5, 0.6) is 0 Å². The average molecular weight is 528 g/mol. The molecule has 37 heavy (non-hydrogen) atoms. The van der Waals surface area contributed by atoms with Gasteiger partial charge in [0, 0.05) is 44.7 Å². The van der Waals surface area contributed by atoms with Crippen LogP contribution in [0.4, 0.5) is 4.39 Å². The number of halogens is 1. The number of aromatic nitrogens is 5. The summed E-state index contributed by atoms with van der Waals surface area (Å²) in [7, 11) is -2.26. The lowest BCUT2D eigenvalue weighted by molar-refractivity contribution is 0.00337. The van der Waals surface area contributed by atoms with E-state index in [-0.39, 0.29) is 30.0 Å². The minimum atomic E-state index is -3.84. The van der Waals surface area contributed by atoms with Crippen molar-refractivity contribution in [1.82, 2.24) is 34.0 Å². The summed E-state index contributed by atoms with van der Waals surface area (Å²) in [4.78, 5) is 3.35. The third kappa shape index (κ3) is 5.01. The molecular weight excluding hydrogens is 497 g/mol. The number of benzene rings is 2. The quantitative estimate of drug-likeness (QED) is 0.410. The van der Waals surface area contributed by atoms with E-state index in [2.05, 4.69) is 20.2 Å². The molecule has 1 fully saturated rings.